The molecule has 0 amide bonds. The van der Waals surface area contributed by atoms with Crippen LogP contribution in [0.15, 0.2) is 41.5 Å². The van der Waals surface area contributed by atoms with E-state index in [0.717, 1.165) is 10.3 Å². The summed E-state index contributed by atoms with van der Waals surface area (Å²) in [5, 5.41) is 0.106. The van der Waals surface area contributed by atoms with Crippen LogP contribution in [0, 0.1) is 0 Å². The molecule has 1 unspecified atom stereocenters. The van der Waals surface area contributed by atoms with Gasteiger partial charge in [-0.15, -0.1) is 4.73 Å². The summed E-state index contributed by atoms with van der Waals surface area (Å²) in [6, 6.07) is 1.47. The summed E-state index contributed by atoms with van der Waals surface area (Å²) >= 11 is 1.60. The molecule has 4 N–H and O–H groups in total. The number of anilines is 1. The van der Waals surface area contributed by atoms with E-state index >= 15 is 0 Å². The predicted molar refractivity (Wildman–Crippen MR) is 78.7 cm³/mol. The van der Waals surface area contributed by atoms with Gasteiger partial charge in [0.1, 0.15) is 11.6 Å². The first-order valence-corrected chi connectivity index (χ1v) is 6.88. The molecule has 0 saturated carbocycles. The van der Waals surface area contributed by atoms with E-state index in [1.54, 1.807) is 11.8 Å². The summed E-state index contributed by atoms with van der Waals surface area (Å²) in [6.45, 7) is 8.08. The molecule has 104 valence electrons. The van der Waals surface area contributed by atoms with Crippen LogP contribution in [-0.2, 0) is 0 Å². The highest BCUT2D eigenvalue weighted by Crippen LogP contribution is 2.21. The fourth-order valence-corrected chi connectivity index (χ4v) is 2.17. The molecule has 0 aliphatic rings. The maximum absolute atomic E-state index is 11.5. The van der Waals surface area contributed by atoms with Gasteiger partial charge in [0, 0.05) is 24.3 Å². The monoisotopic (exact) mass is 282 g/mol. The van der Waals surface area contributed by atoms with E-state index in [2.05, 4.69) is 18.1 Å². The quantitative estimate of drug-likeness (QED) is 0.555. The molecule has 0 spiro atoms. The first kappa shape index (κ1) is 15.3. The Balaban J connectivity index is 2.69. The van der Waals surface area contributed by atoms with E-state index in [-0.39, 0.29) is 11.1 Å². The molecule has 1 rings (SSSR count). The molecule has 0 aromatic carbocycles. The number of rotatable bonds is 7. The lowest BCUT2D eigenvalue weighted by molar-refractivity contribution is 0.159. The van der Waals surface area contributed by atoms with E-state index in [1.807, 2.05) is 6.26 Å². The fourth-order valence-electron chi connectivity index (χ4n) is 1.38. The molecule has 1 atom stereocenters. The van der Waals surface area contributed by atoms with E-state index in [4.69, 9.17) is 16.3 Å². The number of nitrogen functional groups attached to an aromatic ring is 1. The van der Waals surface area contributed by atoms with E-state index in [0.29, 0.717) is 18.7 Å². The first-order chi connectivity index (χ1) is 8.97. The van der Waals surface area contributed by atoms with Crippen LogP contribution in [-0.4, -0.2) is 27.8 Å². The van der Waals surface area contributed by atoms with Crippen LogP contribution in [0.1, 0.15) is 6.42 Å². The second-order valence-electron chi connectivity index (χ2n) is 3.88. The summed E-state index contributed by atoms with van der Waals surface area (Å²) in [7, 11) is 0. The molecular formula is C12H18N4O2S. The summed E-state index contributed by atoms with van der Waals surface area (Å²) in [5.41, 5.74) is 11.3. The van der Waals surface area contributed by atoms with Crippen molar-refractivity contribution >= 4 is 17.6 Å². The van der Waals surface area contributed by atoms with E-state index < -0.39 is 5.69 Å². The second-order valence-corrected chi connectivity index (χ2v) is 4.92. The van der Waals surface area contributed by atoms with Crippen LogP contribution in [0.4, 0.5) is 5.82 Å². The van der Waals surface area contributed by atoms with Crippen LogP contribution in [0.25, 0.3) is 0 Å². The molecule has 6 nitrogen and oxygen atoms in total. The van der Waals surface area contributed by atoms with Gasteiger partial charge in [-0.25, -0.2) is 4.79 Å². The maximum Gasteiger partial charge on any atom is 0.382 e. The van der Waals surface area contributed by atoms with Crippen molar-refractivity contribution in [1.82, 2.24) is 9.71 Å². The average molecular weight is 282 g/mol. The van der Waals surface area contributed by atoms with Gasteiger partial charge in [-0.05, 0) is 6.26 Å². The number of allylic oxidation sites excluding steroid dienone is 1. The van der Waals surface area contributed by atoms with Crippen molar-refractivity contribution < 1.29 is 4.84 Å². The Labute approximate surface area is 116 Å². The van der Waals surface area contributed by atoms with Crippen molar-refractivity contribution in [3.05, 3.63) is 47.2 Å². The molecule has 1 aromatic heterocycles. The smallest absolute Gasteiger partial charge is 0.382 e. The van der Waals surface area contributed by atoms with Crippen molar-refractivity contribution in [3.8, 4) is 0 Å². The number of hydrogen-bond donors (Lipinski definition) is 2. The summed E-state index contributed by atoms with van der Waals surface area (Å²) < 4.78 is 0.987. The molecule has 0 aliphatic heterocycles. The van der Waals surface area contributed by atoms with Crippen molar-refractivity contribution in [2.75, 3.05) is 18.5 Å². The Kier molecular flexibility index (Phi) is 5.65. The highest BCUT2D eigenvalue weighted by Gasteiger charge is 2.13. The first-order valence-electron chi connectivity index (χ1n) is 5.59. The van der Waals surface area contributed by atoms with Gasteiger partial charge in [0.25, 0.3) is 0 Å². The molecule has 7 heteroatoms. The van der Waals surface area contributed by atoms with Gasteiger partial charge in [-0.2, -0.15) is 16.7 Å². The zero-order valence-corrected chi connectivity index (χ0v) is 11.7. The van der Waals surface area contributed by atoms with Crippen LogP contribution < -0.4 is 22.0 Å². The highest BCUT2D eigenvalue weighted by molar-refractivity contribution is 7.99. The third-order valence-electron chi connectivity index (χ3n) is 2.44. The van der Waals surface area contributed by atoms with Gasteiger partial charge in [0.05, 0.1) is 6.20 Å². The van der Waals surface area contributed by atoms with Crippen molar-refractivity contribution in [2.24, 2.45) is 5.73 Å². The Hall–Kier alpha value is -1.73. The normalized spacial score (nSPS) is 11.9. The van der Waals surface area contributed by atoms with Gasteiger partial charge in [0.15, 0.2) is 0 Å². The Morgan fingerprint density at radius 2 is 2.32 bits per heavy atom. The Morgan fingerprint density at radius 1 is 1.63 bits per heavy atom. The van der Waals surface area contributed by atoms with E-state index in [9.17, 15) is 4.79 Å². The Morgan fingerprint density at radius 3 is 2.84 bits per heavy atom. The molecule has 1 heterocycles. The summed E-state index contributed by atoms with van der Waals surface area (Å²) in [4.78, 5) is 20.4. The standard InChI is InChI=1S/C12H18N4O2S/c1-8(7-13)10(19-3)6-9(2)18-16-5-4-11(14)15-12(16)17/h4-5,10H,1-2,6-7,13H2,3H3,(H2,14,15,17). The van der Waals surface area contributed by atoms with Gasteiger partial charge < -0.3 is 16.3 Å². The summed E-state index contributed by atoms with van der Waals surface area (Å²) in [5.74, 6) is 0.580. The fraction of sp³-hybridized carbons (Fsp3) is 0.333. The number of thioether (sulfide) groups is 1. The zero-order valence-electron chi connectivity index (χ0n) is 10.8. The average Bonchev–Trinajstić information content (AvgIpc) is 2.38. The molecule has 0 aliphatic carbocycles. The number of hydrogen-bond acceptors (Lipinski definition) is 6. The minimum Gasteiger partial charge on any atom is -0.383 e. The molecule has 1 aromatic rings. The minimum atomic E-state index is -0.584. The van der Waals surface area contributed by atoms with Crippen LogP contribution in [0.2, 0.25) is 0 Å². The lowest BCUT2D eigenvalue weighted by atomic mass is 10.1. The zero-order chi connectivity index (χ0) is 14.4. The second kappa shape index (κ2) is 7.01. The summed E-state index contributed by atoms with van der Waals surface area (Å²) in [6.07, 6.45) is 3.88. The van der Waals surface area contributed by atoms with Gasteiger partial charge >= 0.3 is 5.69 Å². The third-order valence-corrected chi connectivity index (χ3v) is 3.51. The molecule has 0 radical (unpaired) electrons. The molecular weight excluding hydrogens is 264 g/mol. The molecule has 0 fully saturated rings. The number of aromatic nitrogens is 2. The van der Waals surface area contributed by atoms with Gasteiger partial charge in [0.2, 0.25) is 0 Å². The molecule has 0 saturated heterocycles. The van der Waals surface area contributed by atoms with E-state index in [1.165, 1.54) is 12.3 Å². The number of nitrogens with zero attached hydrogens (tertiary/aromatic N) is 2. The van der Waals surface area contributed by atoms with Crippen molar-refractivity contribution in [1.29, 1.82) is 0 Å². The maximum atomic E-state index is 11.5. The number of nitrogens with two attached hydrogens (primary N) is 2. The van der Waals surface area contributed by atoms with Crippen LogP contribution >= 0.6 is 11.8 Å². The van der Waals surface area contributed by atoms with Gasteiger partial charge in [-0.1, -0.05) is 18.7 Å². The largest absolute Gasteiger partial charge is 0.383 e. The van der Waals surface area contributed by atoms with Crippen molar-refractivity contribution in [3.63, 3.8) is 0 Å². The minimum absolute atomic E-state index is 0.106. The third kappa shape index (κ3) is 4.46. The lowest BCUT2D eigenvalue weighted by Crippen LogP contribution is -2.29. The predicted octanol–water partition coefficient (Wildman–Crippen LogP) is 0.404. The molecule has 19 heavy (non-hydrogen) atoms. The topological polar surface area (TPSA) is 96.2 Å². The van der Waals surface area contributed by atoms with Crippen LogP contribution in [0.5, 0.6) is 0 Å². The molecule has 0 bridgehead atoms. The Bertz CT molecular complexity index is 527. The lowest BCUT2D eigenvalue weighted by Gasteiger charge is -2.17. The van der Waals surface area contributed by atoms with Gasteiger partial charge in [-0.3, -0.25) is 0 Å². The highest BCUT2D eigenvalue weighted by atomic mass is 32.2. The van der Waals surface area contributed by atoms with Crippen LogP contribution in [0.3, 0.4) is 0 Å². The SMILES string of the molecule is C=C(CC(SC)C(=C)CN)On1ccc(N)nc1=O. The van der Waals surface area contributed by atoms with Crippen molar-refractivity contribution in [2.45, 2.75) is 11.7 Å².